The number of hydrogen-bond acceptors (Lipinski definition) is 6. The van der Waals surface area contributed by atoms with Crippen molar-refractivity contribution < 1.29 is 14.3 Å². The van der Waals surface area contributed by atoms with E-state index in [4.69, 9.17) is 14.5 Å². The van der Waals surface area contributed by atoms with Crippen LogP contribution in [0.25, 0.3) is 11.4 Å². The Labute approximate surface area is 222 Å². The summed E-state index contributed by atoms with van der Waals surface area (Å²) in [5.74, 6) is 1.46. The smallest absolute Gasteiger partial charge is 0.187 e. The van der Waals surface area contributed by atoms with Crippen LogP contribution in [0.5, 0.6) is 5.75 Å². The maximum absolute atomic E-state index is 13.2. The lowest BCUT2D eigenvalue weighted by Crippen LogP contribution is -2.36. The molecular weight excluding hydrogens is 476 g/mol. The Morgan fingerprint density at radius 1 is 1.00 bits per heavy atom. The summed E-state index contributed by atoms with van der Waals surface area (Å²) in [6, 6.07) is 22.4. The Bertz CT molecular complexity index is 1500. The summed E-state index contributed by atoms with van der Waals surface area (Å²) in [7, 11) is 1.64. The number of benzene rings is 3. The number of aromatic amines is 1. The number of hydrogen-bond donors (Lipinski definition) is 1. The molecule has 0 spiro atoms. The molecule has 192 valence electrons. The van der Waals surface area contributed by atoms with E-state index in [1.54, 1.807) is 7.11 Å². The molecule has 0 unspecified atom stereocenters. The number of Topliss-reactive ketones (excluding diaryl/α,β-unsaturated/α-hetero) is 1. The number of fused-ring (bicyclic) bond motifs is 1. The highest BCUT2D eigenvalue weighted by Gasteiger charge is 2.20. The SMILES string of the molecule is COc1ccc(-c2nc(C(=O)Cc3ccc4c(c3)CC(c3ccc(N5CCOCC5)cc3)=N4)c(C)[nH]2)cc1. The fraction of sp³-hybridized carbons (Fsp3) is 0.258. The Morgan fingerprint density at radius 3 is 2.47 bits per heavy atom. The van der Waals surface area contributed by atoms with Crippen LogP contribution in [0.3, 0.4) is 0 Å². The molecule has 3 heterocycles. The first-order chi connectivity index (χ1) is 18.6. The number of aliphatic imine (C=N–C) groups is 1. The highest BCUT2D eigenvalue weighted by atomic mass is 16.5. The molecule has 0 aliphatic carbocycles. The molecule has 4 aromatic rings. The zero-order valence-electron chi connectivity index (χ0n) is 21.7. The van der Waals surface area contributed by atoms with Crippen molar-refractivity contribution >= 4 is 22.9 Å². The fourth-order valence-corrected chi connectivity index (χ4v) is 5.10. The summed E-state index contributed by atoms with van der Waals surface area (Å²) in [6.45, 7) is 5.29. The Kier molecular flexibility index (Phi) is 6.52. The molecule has 0 amide bonds. The number of anilines is 1. The van der Waals surface area contributed by atoms with Crippen LogP contribution in [-0.4, -0.2) is 54.9 Å². The highest BCUT2D eigenvalue weighted by Crippen LogP contribution is 2.31. The zero-order chi connectivity index (χ0) is 26.1. The van der Waals surface area contributed by atoms with Crippen molar-refractivity contribution in [1.82, 2.24) is 9.97 Å². The topological polar surface area (TPSA) is 79.8 Å². The molecule has 0 bridgehead atoms. The molecule has 0 radical (unpaired) electrons. The Hall–Kier alpha value is -4.23. The Balaban J connectivity index is 1.13. The van der Waals surface area contributed by atoms with Crippen molar-refractivity contribution in [3.63, 3.8) is 0 Å². The third kappa shape index (κ3) is 4.85. The van der Waals surface area contributed by atoms with Gasteiger partial charge in [0.25, 0.3) is 0 Å². The molecule has 2 aliphatic heterocycles. The van der Waals surface area contributed by atoms with E-state index in [0.29, 0.717) is 17.9 Å². The predicted molar refractivity (Wildman–Crippen MR) is 149 cm³/mol. The first-order valence-electron chi connectivity index (χ1n) is 12.9. The molecule has 0 atom stereocenters. The number of nitrogens with one attached hydrogen (secondary N) is 1. The number of aromatic nitrogens is 2. The minimum atomic E-state index is -0.00342. The number of aryl methyl sites for hydroxylation is 1. The van der Waals surface area contributed by atoms with Gasteiger partial charge in [0.2, 0.25) is 0 Å². The van der Waals surface area contributed by atoms with Gasteiger partial charge in [-0.1, -0.05) is 24.3 Å². The molecule has 6 rings (SSSR count). The molecule has 3 aromatic carbocycles. The second-order valence-corrected chi connectivity index (χ2v) is 9.73. The summed E-state index contributed by atoms with van der Waals surface area (Å²) in [4.78, 5) is 28.3. The van der Waals surface area contributed by atoms with Gasteiger partial charge in [0, 0.05) is 42.9 Å². The molecule has 7 heteroatoms. The van der Waals surface area contributed by atoms with Crippen LogP contribution >= 0.6 is 0 Å². The minimum absolute atomic E-state index is 0.00342. The van der Waals surface area contributed by atoms with Crippen molar-refractivity contribution in [1.29, 1.82) is 0 Å². The van der Waals surface area contributed by atoms with Gasteiger partial charge in [0.05, 0.1) is 31.7 Å². The van der Waals surface area contributed by atoms with E-state index in [9.17, 15) is 4.79 Å². The van der Waals surface area contributed by atoms with Gasteiger partial charge in [0.1, 0.15) is 17.3 Å². The molecule has 2 aliphatic rings. The highest BCUT2D eigenvalue weighted by molar-refractivity contribution is 6.07. The lowest BCUT2D eigenvalue weighted by Gasteiger charge is -2.28. The van der Waals surface area contributed by atoms with Crippen LogP contribution < -0.4 is 9.64 Å². The number of ketones is 1. The standard InChI is InChI=1S/C31H30N4O3/c1-20-30(34-31(32-20)23-6-10-26(37-2)11-7-23)29(36)18-21-3-12-27-24(17-21)19-28(33-27)22-4-8-25(9-5-22)35-13-15-38-16-14-35/h3-12,17H,13-16,18-19H2,1-2H3,(H,32,34). The maximum Gasteiger partial charge on any atom is 0.187 e. The summed E-state index contributed by atoms with van der Waals surface area (Å²) in [6.07, 6.45) is 1.06. The van der Waals surface area contributed by atoms with Gasteiger partial charge in [0.15, 0.2) is 5.78 Å². The molecule has 38 heavy (non-hydrogen) atoms. The van der Waals surface area contributed by atoms with Gasteiger partial charge < -0.3 is 19.4 Å². The van der Waals surface area contributed by atoms with E-state index in [-0.39, 0.29) is 5.78 Å². The van der Waals surface area contributed by atoms with E-state index in [2.05, 4.69) is 45.2 Å². The summed E-state index contributed by atoms with van der Waals surface area (Å²) < 4.78 is 10.7. The van der Waals surface area contributed by atoms with Crippen molar-refractivity contribution in [3.8, 4) is 17.1 Å². The number of imidazole rings is 1. The number of H-pyrrole nitrogens is 1. The molecule has 0 saturated carbocycles. The number of rotatable bonds is 7. The number of methoxy groups -OCH3 is 1. The van der Waals surface area contributed by atoms with Crippen LogP contribution in [-0.2, 0) is 17.6 Å². The number of carbonyl (C=O) groups is 1. The molecule has 1 saturated heterocycles. The van der Waals surface area contributed by atoms with Crippen LogP contribution in [0.4, 0.5) is 11.4 Å². The van der Waals surface area contributed by atoms with E-state index < -0.39 is 0 Å². The number of morpholine rings is 1. The lowest BCUT2D eigenvalue weighted by molar-refractivity contribution is 0.0988. The van der Waals surface area contributed by atoms with E-state index in [0.717, 1.165) is 77.8 Å². The van der Waals surface area contributed by atoms with Gasteiger partial charge in [-0.2, -0.15) is 0 Å². The second-order valence-electron chi connectivity index (χ2n) is 9.73. The molecule has 1 aromatic heterocycles. The summed E-state index contributed by atoms with van der Waals surface area (Å²) in [5, 5.41) is 0. The molecular formula is C31H30N4O3. The van der Waals surface area contributed by atoms with Gasteiger partial charge in [-0.15, -0.1) is 0 Å². The van der Waals surface area contributed by atoms with E-state index >= 15 is 0 Å². The van der Waals surface area contributed by atoms with Gasteiger partial charge >= 0.3 is 0 Å². The third-order valence-corrected chi connectivity index (χ3v) is 7.21. The quantitative estimate of drug-likeness (QED) is 0.343. The maximum atomic E-state index is 13.2. The van der Waals surface area contributed by atoms with Crippen molar-refractivity contribution in [2.45, 2.75) is 19.8 Å². The van der Waals surface area contributed by atoms with E-state index in [1.165, 1.54) is 5.69 Å². The second kappa shape index (κ2) is 10.3. The van der Waals surface area contributed by atoms with Crippen LogP contribution in [0.2, 0.25) is 0 Å². The van der Waals surface area contributed by atoms with Crippen molar-refractivity contribution in [2.75, 3.05) is 38.3 Å². The zero-order valence-corrected chi connectivity index (χ0v) is 21.7. The largest absolute Gasteiger partial charge is 0.497 e. The predicted octanol–water partition coefficient (Wildman–Crippen LogP) is 5.33. The summed E-state index contributed by atoms with van der Waals surface area (Å²) in [5.41, 5.74) is 8.68. The first-order valence-corrected chi connectivity index (χ1v) is 12.9. The normalized spacial score (nSPS) is 14.8. The minimum Gasteiger partial charge on any atom is -0.497 e. The van der Waals surface area contributed by atoms with Crippen LogP contribution in [0.15, 0.2) is 71.7 Å². The van der Waals surface area contributed by atoms with Gasteiger partial charge in [-0.25, -0.2) is 4.98 Å². The number of ether oxygens (including phenoxy) is 2. The van der Waals surface area contributed by atoms with Crippen molar-refractivity contribution in [2.24, 2.45) is 4.99 Å². The van der Waals surface area contributed by atoms with Crippen molar-refractivity contribution in [3.05, 3.63) is 94.8 Å². The lowest BCUT2D eigenvalue weighted by atomic mass is 9.99. The number of carbonyl (C=O) groups excluding carboxylic acids is 1. The Morgan fingerprint density at radius 2 is 1.74 bits per heavy atom. The fourth-order valence-electron chi connectivity index (χ4n) is 5.10. The molecule has 1 fully saturated rings. The average Bonchev–Trinajstić information content (AvgIpc) is 3.57. The summed E-state index contributed by atoms with van der Waals surface area (Å²) >= 11 is 0. The molecule has 1 N–H and O–H groups in total. The van der Waals surface area contributed by atoms with E-state index in [1.807, 2.05) is 43.3 Å². The number of nitrogens with zero attached hydrogens (tertiary/aromatic N) is 3. The van der Waals surface area contributed by atoms with Crippen LogP contribution in [0.1, 0.15) is 32.9 Å². The van der Waals surface area contributed by atoms with Gasteiger partial charge in [-0.3, -0.25) is 9.79 Å². The third-order valence-electron chi connectivity index (χ3n) is 7.21. The molecule has 7 nitrogen and oxygen atoms in total. The monoisotopic (exact) mass is 506 g/mol. The van der Waals surface area contributed by atoms with Gasteiger partial charge in [-0.05, 0) is 66.1 Å². The first kappa shape index (κ1) is 24.1. The average molecular weight is 507 g/mol. The van der Waals surface area contributed by atoms with Crippen LogP contribution in [0, 0.1) is 6.92 Å².